The average Bonchev–Trinajstić information content (AvgIpc) is 2.45. The molecule has 0 fully saturated rings. The van der Waals surface area contributed by atoms with Gasteiger partial charge in [-0.25, -0.2) is 0 Å². The van der Waals surface area contributed by atoms with Gasteiger partial charge < -0.3 is 10.1 Å². The standard InChI is InChI=1S/C15H13ClN2O4/c1-10-5-6-13(18(20)21)14(7-10)22-9-15(19)17-12-4-2-3-11(16)8-12/h2-8H,9H2,1H3,(H,17,19). The van der Waals surface area contributed by atoms with E-state index in [1.807, 2.05) is 0 Å². The van der Waals surface area contributed by atoms with E-state index in [-0.39, 0.29) is 18.0 Å². The number of amides is 1. The Bertz CT molecular complexity index is 718. The molecule has 0 spiro atoms. The van der Waals surface area contributed by atoms with Crippen LogP contribution in [0, 0.1) is 17.0 Å². The number of ether oxygens (including phenoxy) is 1. The minimum Gasteiger partial charge on any atom is -0.477 e. The van der Waals surface area contributed by atoms with Crippen LogP contribution < -0.4 is 10.1 Å². The van der Waals surface area contributed by atoms with E-state index in [1.54, 1.807) is 37.3 Å². The van der Waals surface area contributed by atoms with Crippen LogP contribution in [0.2, 0.25) is 5.02 Å². The summed E-state index contributed by atoms with van der Waals surface area (Å²) in [7, 11) is 0. The van der Waals surface area contributed by atoms with Crippen molar-refractivity contribution in [3.8, 4) is 5.75 Å². The first-order chi connectivity index (χ1) is 10.5. The molecule has 0 unspecified atom stereocenters. The Labute approximate surface area is 131 Å². The Morgan fingerprint density at radius 1 is 1.32 bits per heavy atom. The molecule has 0 radical (unpaired) electrons. The molecule has 0 heterocycles. The molecule has 22 heavy (non-hydrogen) atoms. The number of carbonyl (C=O) groups excluding carboxylic acids is 1. The fourth-order valence-electron chi connectivity index (χ4n) is 1.79. The molecule has 7 heteroatoms. The van der Waals surface area contributed by atoms with Crippen LogP contribution >= 0.6 is 11.6 Å². The zero-order valence-corrected chi connectivity index (χ0v) is 12.5. The molecule has 0 aliphatic carbocycles. The number of nitro benzene ring substituents is 1. The van der Waals surface area contributed by atoms with Gasteiger partial charge in [-0.15, -0.1) is 0 Å². The van der Waals surface area contributed by atoms with E-state index >= 15 is 0 Å². The van der Waals surface area contributed by atoms with Crippen LogP contribution in [0.5, 0.6) is 5.75 Å². The summed E-state index contributed by atoms with van der Waals surface area (Å²) < 4.78 is 5.26. The lowest BCUT2D eigenvalue weighted by Gasteiger charge is -2.08. The van der Waals surface area contributed by atoms with E-state index in [0.717, 1.165) is 5.56 Å². The molecule has 2 rings (SSSR count). The lowest BCUT2D eigenvalue weighted by atomic mass is 10.2. The van der Waals surface area contributed by atoms with Crippen LogP contribution in [0.3, 0.4) is 0 Å². The molecule has 2 aromatic rings. The molecule has 2 aromatic carbocycles. The summed E-state index contributed by atoms with van der Waals surface area (Å²) in [6.45, 7) is 1.44. The normalized spacial score (nSPS) is 10.1. The minimum atomic E-state index is -0.552. The first-order valence-electron chi connectivity index (χ1n) is 6.39. The van der Waals surface area contributed by atoms with Crippen molar-refractivity contribution in [1.82, 2.24) is 0 Å². The second-order valence-electron chi connectivity index (χ2n) is 4.58. The van der Waals surface area contributed by atoms with Gasteiger partial charge in [-0.3, -0.25) is 14.9 Å². The van der Waals surface area contributed by atoms with Crippen LogP contribution in [0.4, 0.5) is 11.4 Å². The van der Waals surface area contributed by atoms with Crippen molar-refractivity contribution in [3.63, 3.8) is 0 Å². The highest BCUT2D eigenvalue weighted by molar-refractivity contribution is 6.30. The number of carbonyl (C=O) groups is 1. The Morgan fingerprint density at radius 2 is 2.09 bits per heavy atom. The molecule has 0 saturated carbocycles. The highest BCUT2D eigenvalue weighted by atomic mass is 35.5. The van der Waals surface area contributed by atoms with Crippen molar-refractivity contribution in [2.45, 2.75) is 6.92 Å². The third-order valence-electron chi connectivity index (χ3n) is 2.78. The third-order valence-corrected chi connectivity index (χ3v) is 3.01. The smallest absolute Gasteiger partial charge is 0.310 e. The lowest BCUT2D eigenvalue weighted by molar-refractivity contribution is -0.385. The largest absolute Gasteiger partial charge is 0.477 e. The molecule has 0 aliphatic rings. The number of rotatable bonds is 5. The second kappa shape index (κ2) is 6.91. The Kier molecular flexibility index (Phi) is 4.95. The molecule has 0 aliphatic heterocycles. The van der Waals surface area contributed by atoms with E-state index in [9.17, 15) is 14.9 Å². The summed E-state index contributed by atoms with van der Waals surface area (Å²) in [5.41, 5.74) is 1.15. The minimum absolute atomic E-state index is 0.0613. The fourth-order valence-corrected chi connectivity index (χ4v) is 1.98. The number of nitrogens with zero attached hydrogens (tertiary/aromatic N) is 1. The number of benzene rings is 2. The number of aryl methyl sites for hydroxylation is 1. The van der Waals surface area contributed by atoms with Gasteiger partial charge in [0, 0.05) is 16.8 Å². The molecule has 0 aromatic heterocycles. The molecular formula is C15H13ClN2O4. The molecule has 1 N–H and O–H groups in total. The van der Waals surface area contributed by atoms with Crippen molar-refractivity contribution < 1.29 is 14.5 Å². The quantitative estimate of drug-likeness (QED) is 0.674. The van der Waals surface area contributed by atoms with E-state index < -0.39 is 10.8 Å². The van der Waals surface area contributed by atoms with Gasteiger partial charge in [-0.1, -0.05) is 23.7 Å². The number of hydrogen-bond acceptors (Lipinski definition) is 4. The number of nitrogens with one attached hydrogen (secondary N) is 1. The molecule has 0 atom stereocenters. The lowest BCUT2D eigenvalue weighted by Crippen LogP contribution is -2.20. The highest BCUT2D eigenvalue weighted by Crippen LogP contribution is 2.27. The van der Waals surface area contributed by atoms with Gasteiger partial charge in [0.05, 0.1) is 4.92 Å². The summed E-state index contributed by atoms with van der Waals surface area (Å²) in [6, 6.07) is 11.1. The number of anilines is 1. The maximum absolute atomic E-state index is 11.8. The molecular weight excluding hydrogens is 308 g/mol. The van der Waals surface area contributed by atoms with E-state index in [1.165, 1.54) is 12.1 Å². The summed E-state index contributed by atoms with van der Waals surface area (Å²) in [4.78, 5) is 22.2. The Morgan fingerprint density at radius 3 is 2.77 bits per heavy atom. The SMILES string of the molecule is Cc1ccc([N+](=O)[O-])c(OCC(=O)Nc2cccc(Cl)c2)c1. The van der Waals surface area contributed by atoms with Crippen molar-refractivity contribution in [3.05, 3.63) is 63.2 Å². The second-order valence-corrected chi connectivity index (χ2v) is 5.01. The Balaban J connectivity index is 2.02. The zero-order valence-electron chi connectivity index (χ0n) is 11.7. The summed E-state index contributed by atoms with van der Waals surface area (Å²) >= 11 is 5.82. The van der Waals surface area contributed by atoms with Crippen LogP contribution in [-0.4, -0.2) is 17.4 Å². The number of nitro groups is 1. The average molecular weight is 321 g/mol. The highest BCUT2D eigenvalue weighted by Gasteiger charge is 2.16. The van der Waals surface area contributed by atoms with Crippen molar-refractivity contribution in [2.75, 3.05) is 11.9 Å². The first-order valence-corrected chi connectivity index (χ1v) is 6.77. The van der Waals surface area contributed by atoms with Crippen LogP contribution in [0.25, 0.3) is 0 Å². The monoisotopic (exact) mass is 320 g/mol. The van der Waals surface area contributed by atoms with Gasteiger partial charge in [0.25, 0.3) is 5.91 Å². The summed E-state index contributed by atoms with van der Waals surface area (Å²) in [6.07, 6.45) is 0. The number of hydrogen-bond donors (Lipinski definition) is 1. The maximum atomic E-state index is 11.8. The van der Waals surface area contributed by atoms with Crippen molar-refractivity contribution >= 4 is 28.9 Å². The van der Waals surface area contributed by atoms with Gasteiger partial charge >= 0.3 is 5.69 Å². The van der Waals surface area contributed by atoms with E-state index in [0.29, 0.717) is 10.7 Å². The van der Waals surface area contributed by atoms with Gasteiger partial charge in [-0.2, -0.15) is 0 Å². The van der Waals surface area contributed by atoms with Crippen LogP contribution in [0.1, 0.15) is 5.56 Å². The van der Waals surface area contributed by atoms with Gasteiger partial charge in [0.1, 0.15) is 0 Å². The van der Waals surface area contributed by atoms with Gasteiger partial charge in [-0.05, 0) is 36.8 Å². The molecule has 1 amide bonds. The van der Waals surface area contributed by atoms with E-state index in [4.69, 9.17) is 16.3 Å². The fraction of sp³-hybridized carbons (Fsp3) is 0.133. The van der Waals surface area contributed by atoms with Gasteiger partial charge in [0.2, 0.25) is 0 Å². The first kappa shape index (κ1) is 15.8. The molecule has 0 bridgehead atoms. The molecule has 6 nitrogen and oxygen atoms in total. The summed E-state index contributed by atoms with van der Waals surface area (Å²) in [5.74, 6) is -0.371. The predicted molar refractivity (Wildman–Crippen MR) is 83.4 cm³/mol. The van der Waals surface area contributed by atoms with Crippen molar-refractivity contribution in [2.24, 2.45) is 0 Å². The van der Waals surface area contributed by atoms with Gasteiger partial charge in [0.15, 0.2) is 12.4 Å². The maximum Gasteiger partial charge on any atom is 0.310 e. The number of halogens is 1. The predicted octanol–water partition coefficient (Wildman–Crippen LogP) is 3.57. The zero-order chi connectivity index (χ0) is 16.1. The third kappa shape index (κ3) is 4.20. The topological polar surface area (TPSA) is 81.5 Å². The molecule has 114 valence electrons. The molecule has 0 saturated heterocycles. The summed E-state index contributed by atoms with van der Waals surface area (Å²) in [5, 5.41) is 14.0. The van der Waals surface area contributed by atoms with Crippen molar-refractivity contribution in [1.29, 1.82) is 0 Å². The van der Waals surface area contributed by atoms with Crippen LogP contribution in [0.15, 0.2) is 42.5 Å². The Hall–Kier alpha value is -2.60. The van der Waals surface area contributed by atoms with E-state index in [2.05, 4.69) is 5.32 Å². The van der Waals surface area contributed by atoms with Crippen LogP contribution in [-0.2, 0) is 4.79 Å².